The van der Waals surface area contributed by atoms with Crippen molar-refractivity contribution < 1.29 is 9.53 Å². The molecular formula is C15H22Cl2N4O2. The quantitative estimate of drug-likeness (QED) is 0.659. The highest BCUT2D eigenvalue weighted by Crippen LogP contribution is 2.19. The monoisotopic (exact) mass is 360 g/mol. The number of hydrogen-bond acceptors (Lipinski definition) is 5. The molecule has 0 spiro atoms. The SMILES string of the molecule is CC(C)(C)OC(=O)N1CC[C@H](CNCc2cnc(Cl)nc2Cl)C1. The van der Waals surface area contributed by atoms with Crippen molar-refractivity contribution in [3.63, 3.8) is 0 Å². The number of halogens is 2. The second-order valence-corrected chi connectivity index (χ2v) is 7.36. The molecule has 6 nitrogen and oxygen atoms in total. The molecule has 2 heterocycles. The van der Waals surface area contributed by atoms with Crippen molar-refractivity contribution in [1.29, 1.82) is 0 Å². The van der Waals surface area contributed by atoms with E-state index in [1.54, 1.807) is 11.1 Å². The van der Waals surface area contributed by atoms with Gasteiger partial charge in [-0.2, -0.15) is 0 Å². The summed E-state index contributed by atoms with van der Waals surface area (Å²) >= 11 is 11.7. The molecule has 23 heavy (non-hydrogen) atoms. The standard InChI is InChI=1S/C15H22Cl2N4O2/c1-15(2,3)23-14(22)21-5-4-10(9-21)6-18-7-11-8-19-13(17)20-12(11)16/h8,10,18H,4-7,9H2,1-3H3/t10-/m1/s1. The molecule has 0 aliphatic carbocycles. The molecular weight excluding hydrogens is 339 g/mol. The second kappa shape index (κ2) is 7.64. The van der Waals surface area contributed by atoms with Crippen LogP contribution in [-0.2, 0) is 11.3 Å². The van der Waals surface area contributed by atoms with Crippen LogP contribution >= 0.6 is 23.2 Å². The molecule has 1 aliphatic rings. The first-order valence-corrected chi connectivity index (χ1v) is 8.36. The Bertz CT molecular complexity index is 563. The van der Waals surface area contributed by atoms with Crippen LogP contribution in [0, 0.1) is 5.92 Å². The van der Waals surface area contributed by atoms with E-state index in [0.29, 0.717) is 24.2 Å². The van der Waals surface area contributed by atoms with Crippen LogP contribution in [0.25, 0.3) is 0 Å². The third-order valence-electron chi connectivity index (χ3n) is 3.47. The van der Waals surface area contributed by atoms with Crippen molar-refractivity contribution in [2.45, 2.75) is 39.3 Å². The van der Waals surface area contributed by atoms with E-state index in [0.717, 1.165) is 25.1 Å². The Labute approximate surface area is 146 Å². The first kappa shape index (κ1) is 18.2. The fourth-order valence-electron chi connectivity index (χ4n) is 2.39. The first-order chi connectivity index (χ1) is 10.7. The molecule has 1 amide bonds. The Morgan fingerprint density at radius 1 is 1.48 bits per heavy atom. The van der Waals surface area contributed by atoms with Gasteiger partial charge in [-0.25, -0.2) is 14.8 Å². The summed E-state index contributed by atoms with van der Waals surface area (Å²) in [6, 6.07) is 0. The van der Waals surface area contributed by atoms with E-state index < -0.39 is 5.60 Å². The zero-order chi connectivity index (χ0) is 17.0. The van der Waals surface area contributed by atoms with E-state index in [1.165, 1.54) is 0 Å². The van der Waals surface area contributed by atoms with Gasteiger partial charge in [-0.05, 0) is 44.7 Å². The van der Waals surface area contributed by atoms with Crippen LogP contribution in [0.5, 0.6) is 0 Å². The fourth-order valence-corrected chi connectivity index (χ4v) is 2.76. The van der Waals surface area contributed by atoms with E-state index in [2.05, 4.69) is 15.3 Å². The predicted octanol–water partition coefficient (Wildman–Crippen LogP) is 3.13. The van der Waals surface area contributed by atoms with Gasteiger partial charge in [-0.1, -0.05) is 11.6 Å². The maximum Gasteiger partial charge on any atom is 0.410 e. The lowest BCUT2D eigenvalue weighted by molar-refractivity contribution is 0.0288. The van der Waals surface area contributed by atoms with Crippen molar-refractivity contribution >= 4 is 29.3 Å². The van der Waals surface area contributed by atoms with Crippen molar-refractivity contribution in [2.24, 2.45) is 5.92 Å². The normalized spacial score (nSPS) is 18.3. The molecule has 1 aromatic heterocycles. The van der Waals surface area contributed by atoms with Crippen LogP contribution in [0.1, 0.15) is 32.8 Å². The molecule has 1 fully saturated rings. The topological polar surface area (TPSA) is 67.3 Å². The Hall–Kier alpha value is -1.11. The average molecular weight is 361 g/mol. The number of ether oxygens (including phenoxy) is 1. The maximum absolute atomic E-state index is 12.0. The Kier molecular flexibility index (Phi) is 6.06. The number of rotatable bonds is 4. The highest BCUT2D eigenvalue weighted by Gasteiger charge is 2.29. The van der Waals surface area contributed by atoms with Crippen LogP contribution < -0.4 is 5.32 Å². The molecule has 0 bridgehead atoms. The minimum atomic E-state index is -0.460. The highest BCUT2D eigenvalue weighted by atomic mass is 35.5. The lowest BCUT2D eigenvalue weighted by atomic mass is 10.1. The van der Waals surface area contributed by atoms with Crippen molar-refractivity contribution in [3.05, 3.63) is 22.2 Å². The molecule has 8 heteroatoms. The lowest BCUT2D eigenvalue weighted by Crippen LogP contribution is -2.36. The molecule has 1 aliphatic heterocycles. The number of carbonyl (C=O) groups is 1. The summed E-state index contributed by atoms with van der Waals surface area (Å²) in [5.41, 5.74) is 0.344. The molecule has 1 aromatic rings. The van der Waals surface area contributed by atoms with Crippen LogP contribution in [-0.4, -0.2) is 46.2 Å². The Morgan fingerprint density at radius 2 is 2.22 bits per heavy atom. The number of aromatic nitrogens is 2. The summed E-state index contributed by atoms with van der Waals surface area (Å²) < 4.78 is 5.39. The van der Waals surface area contributed by atoms with Gasteiger partial charge < -0.3 is 15.0 Å². The van der Waals surface area contributed by atoms with Crippen LogP contribution in [0.2, 0.25) is 10.4 Å². The summed E-state index contributed by atoms with van der Waals surface area (Å²) in [5, 5.41) is 3.83. The highest BCUT2D eigenvalue weighted by molar-refractivity contribution is 6.32. The maximum atomic E-state index is 12.0. The van der Waals surface area contributed by atoms with Crippen LogP contribution in [0.15, 0.2) is 6.20 Å². The van der Waals surface area contributed by atoms with Crippen molar-refractivity contribution in [3.8, 4) is 0 Å². The van der Waals surface area contributed by atoms with Gasteiger partial charge in [0.1, 0.15) is 10.8 Å². The number of nitrogens with zero attached hydrogens (tertiary/aromatic N) is 3. The zero-order valence-electron chi connectivity index (χ0n) is 13.6. The van der Waals surface area contributed by atoms with Crippen LogP contribution in [0.4, 0.5) is 4.79 Å². The second-order valence-electron chi connectivity index (χ2n) is 6.67. The van der Waals surface area contributed by atoms with Gasteiger partial charge >= 0.3 is 6.09 Å². The summed E-state index contributed by atoms with van der Waals surface area (Å²) in [6.45, 7) is 8.41. The minimum Gasteiger partial charge on any atom is -0.444 e. The van der Waals surface area contributed by atoms with E-state index >= 15 is 0 Å². The summed E-state index contributed by atoms with van der Waals surface area (Å²) in [6.07, 6.45) is 2.33. The number of carbonyl (C=O) groups excluding carboxylic acids is 1. The van der Waals surface area contributed by atoms with E-state index in [-0.39, 0.29) is 11.4 Å². The van der Waals surface area contributed by atoms with E-state index in [4.69, 9.17) is 27.9 Å². The fraction of sp³-hybridized carbons (Fsp3) is 0.667. The zero-order valence-corrected chi connectivity index (χ0v) is 15.1. The molecule has 1 saturated heterocycles. The summed E-state index contributed by atoms with van der Waals surface area (Å²) in [4.78, 5) is 21.6. The van der Waals surface area contributed by atoms with Crippen LogP contribution in [0.3, 0.4) is 0 Å². The van der Waals surface area contributed by atoms with Gasteiger partial charge in [0.05, 0.1) is 0 Å². The molecule has 2 rings (SSSR count). The minimum absolute atomic E-state index is 0.141. The molecule has 0 radical (unpaired) electrons. The van der Waals surface area contributed by atoms with E-state index in [1.807, 2.05) is 20.8 Å². The third-order valence-corrected chi connectivity index (χ3v) is 3.98. The van der Waals surface area contributed by atoms with Gasteiger partial charge in [0.2, 0.25) is 5.28 Å². The molecule has 128 valence electrons. The smallest absolute Gasteiger partial charge is 0.410 e. The van der Waals surface area contributed by atoms with Crippen molar-refractivity contribution in [1.82, 2.24) is 20.2 Å². The van der Waals surface area contributed by atoms with Crippen molar-refractivity contribution in [2.75, 3.05) is 19.6 Å². The summed E-state index contributed by atoms with van der Waals surface area (Å²) in [7, 11) is 0. The summed E-state index contributed by atoms with van der Waals surface area (Å²) in [5.74, 6) is 0.398. The molecule has 1 atom stereocenters. The molecule has 0 unspecified atom stereocenters. The number of nitrogens with one attached hydrogen (secondary N) is 1. The predicted molar refractivity (Wildman–Crippen MR) is 89.7 cm³/mol. The van der Waals surface area contributed by atoms with E-state index in [9.17, 15) is 4.79 Å². The van der Waals surface area contributed by atoms with Gasteiger partial charge in [0, 0.05) is 37.9 Å². The average Bonchev–Trinajstić information content (AvgIpc) is 2.88. The number of likely N-dealkylation sites (tertiary alicyclic amines) is 1. The first-order valence-electron chi connectivity index (χ1n) is 7.60. The van der Waals surface area contributed by atoms with Gasteiger partial charge in [-0.15, -0.1) is 0 Å². The molecule has 0 saturated carbocycles. The Morgan fingerprint density at radius 3 is 2.87 bits per heavy atom. The molecule has 1 N–H and O–H groups in total. The third kappa shape index (κ3) is 5.79. The van der Waals surface area contributed by atoms with Gasteiger partial charge in [0.25, 0.3) is 0 Å². The number of hydrogen-bond donors (Lipinski definition) is 1. The largest absolute Gasteiger partial charge is 0.444 e. The van der Waals surface area contributed by atoms with Gasteiger partial charge in [-0.3, -0.25) is 0 Å². The van der Waals surface area contributed by atoms with Gasteiger partial charge in [0.15, 0.2) is 0 Å². The lowest BCUT2D eigenvalue weighted by Gasteiger charge is -2.24. The number of amides is 1. The Balaban J connectivity index is 1.74. The molecule has 0 aromatic carbocycles.